The molecule has 1 aromatic heterocycles. The molecule has 1 saturated carbocycles. The van der Waals surface area contributed by atoms with E-state index >= 15 is 0 Å². The Balaban J connectivity index is 1.16. The molecule has 3 fully saturated rings. The Labute approximate surface area is 162 Å². The summed E-state index contributed by atoms with van der Waals surface area (Å²) in [5.74, 6) is -0.425. The summed E-state index contributed by atoms with van der Waals surface area (Å²) in [6, 6.07) is 4.54. The minimum atomic E-state index is -0.425. The molecule has 0 bridgehead atoms. The molecule has 1 aliphatic carbocycles. The largest absolute Gasteiger partial charge is 0.375 e. The molecule has 0 spiro atoms. The number of ether oxygens (including phenoxy) is 1. The maximum Gasteiger partial charge on any atom is 0.250 e. The van der Waals surface area contributed by atoms with E-state index in [0.717, 1.165) is 44.2 Å². The van der Waals surface area contributed by atoms with Crippen molar-refractivity contribution in [2.75, 3.05) is 26.2 Å². The molecule has 27 heavy (non-hydrogen) atoms. The number of pyridine rings is 1. The number of aromatic nitrogens is 1. The number of likely N-dealkylation sites (tertiary alicyclic amines) is 2. The Morgan fingerprint density at radius 3 is 2.22 bits per heavy atom. The van der Waals surface area contributed by atoms with E-state index in [2.05, 4.69) is 14.8 Å². The van der Waals surface area contributed by atoms with Crippen molar-refractivity contribution in [3.8, 4) is 0 Å². The van der Waals surface area contributed by atoms with E-state index in [4.69, 9.17) is 10.5 Å². The van der Waals surface area contributed by atoms with E-state index in [-0.39, 0.29) is 0 Å². The first-order valence-electron chi connectivity index (χ1n) is 10.5. The Morgan fingerprint density at radius 1 is 1.04 bits per heavy atom. The Hall–Kier alpha value is -1.50. The lowest BCUT2D eigenvalue weighted by molar-refractivity contribution is -0.0727. The van der Waals surface area contributed by atoms with Gasteiger partial charge in [0.1, 0.15) is 0 Å². The summed E-state index contributed by atoms with van der Waals surface area (Å²) in [6.07, 6.45) is 11.3. The third-order valence-corrected chi connectivity index (χ3v) is 6.48. The van der Waals surface area contributed by atoms with Gasteiger partial charge in [0.2, 0.25) is 5.91 Å². The fraction of sp³-hybridized carbons (Fsp3) is 0.714. The predicted molar refractivity (Wildman–Crippen MR) is 104 cm³/mol. The molecule has 3 aliphatic rings. The van der Waals surface area contributed by atoms with Gasteiger partial charge in [-0.2, -0.15) is 0 Å². The maximum atomic E-state index is 11.1. The molecule has 1 aromatic rings. The molecule has 148 valence electrons. The number of hydrogen-bond donors (Lipinski definition) is 1. The molecule has 0 unspecified atom stereocenters. The van der Waals surface area contributed by atoms with Crippen LogP contribution in [0.25, 0.3) is 0 Å². The average molecular weight is 373 g/mol. The average Bonchev–Trinajstić information content (AvgIpc) is 2.64. The summed E-state index contributed by atoms with van der Waals surface area (Å²) in [5, 5.41) is 0. The number of piperidine rings is 2. The fourth-order valence-corrected chi connectivity index (χ4v) is 4.50. The monoisotopic (exact) mass is 372 g/mol. The van der Waals surface area contributed by atoms with Gasteiger partial charge < -0.3 is 15.4 Å². The van der Waals surface area contributed by atoms with Crippen LogP contribution in [0.1, 0.15) is 61.0 Å². The van der Waals surface area contributed by atoms with Crippen molar-refractivity contribution in [2.24, 2.45) is 5.73 Å². The number of amides is 1. The van der Waals surface area contributed by atoms with Crippen LogP contribution in [-0.4, -0.2) is 65.1 Å². The third-order valence-electron chi connectivity index (χ3n) is 6.48. The highest BCUT2D eigenvalue weighted by atomic mass is 16.5. The lowest BCUT2D eigenvalue weighted by atomic mass is 9.89. The van der Waals surface area contributed by atoms with Crippen molar-refractivity contribution in [1.82, 2.24) is 14.8 Å². The standard InChI is InChI=1S/C21H32N4O2/c22-21(26)16-4-5-17(23-14-16)15-24-10-6-19(7-11-24)27-20-8-12-25(13-9-20)18-2-1-3-18/h4-5,14,18-20H,1-3,6-13,15H2,(H2,22,26). The molecule has 0 radical (unpaired) electrons. The molecule has 0 atom stereocenters. The van der Waals surface area contributed by atoms with Crippen molar-refractivity contribution >= 4 is 5.91 Å². The molecule has 1 amide bonds. The number of carbonyl (C=O) groups is 1. The zero-order chi connectivity index (χ0) is 18.6. The summed E-state index contributed by atoms with van der Waals surface area (Å²) >= 11 is 0. The molecule has 4 rings (SSSR count). The highest BCUT2D eigenvalue weighted by Crippen LogP contribution is 2.29. The summed E-state index contributed by atoms with van der Waals surface area (Å²) in [5.41, 5.74) is 6.72. The Morgan fingerprint density at radius 2 is 1.70 bits per heavy atom. The second kappa shape index (κ2) is 8.67. The van der Waals surface area contributed by atoms with Gasteiger partial charge in [-0.15, -0.1) is 0 Å². The zero-order valence-electron chi connectivity index (χ0n) is 16.2. The van der Waals surface area contributed by atoms with Crippen LogP contribution in [0.2, 0.25) is 0 Å². The topological polar surface area (TPSA) is 71.7 Å². The van der Waals surface area contributed by atoms with E-state index in [1.165, 1.54) is 45.2 Å². The van der Waals surface area contributed by atoms with Crippen LogP contribution < -0.4 is 5.73 Å². The molecule has 6 nitrogen and oxygen atoms in total. The van der Waals surface area contributed by atoms with E-state index < -0.39 is 5.91 Å². The number of carbonyl (C=O) groups excluding carboxylic acids is 1. The second-order valence-electron chi connectivity index (χ2n) is 8.33. The number of hydrogen-bond acceptors (Lipinski definition) is 5. The van der Waals surface area contributed by atoms with Gasteiger partial charge in [0.15, 0.2) is 0 Å². The number of nitrogens with zero attached hydrogens (tertiary/aromatic N) is 3. The van der Waals surface area contributed by atoms with Crippen molar-refractivity contribution < 1.29 is 9.53 Å². The smallest absolute Gasteiger partial charge is 0.250 e. The number of rotatable bonds is 6. The minimum Gasteiger partial charge on any atom is -0.375 e. The molecular formula is C21H32N4O2. The molecule has 0 aromatic carbocycles. The van der Waals surface area contributed by atoms with Crippen molar-refractivity contribution in [1.29, 1.82) is 0 Å². The highest BCUT2D eigenvalue weighted by Gasteiger charge is 2.30. The molecule has 2 aliphatic heterocycles. The Kier molecular flexibility index (Phi) is 6.05. The van der Waals surface area contributed by atoms with Crippen molar-refractivity contribution in [2.45, 2.75) is 69.7 Å². The lowest BCUT2D eigenvalue weighted by Crippen LogP contribution is -2.47. The first-order valence-corrected chi connectivity index (χ1v) is 10.5. The van der Waals surface area contributed by atoms with Gasteiger partial charge in [-0.25, -0.2) is 0 Å². The molecule has 2 N–H and O–H groups in total. The normalized spacial score (nSPS) is 24.0. The predicted octanol–water partition coefficient (Wildman–Crippen LogP) is 2.18. The maximum absolute atomic E-state index is 11.1. The van der Waals surface area contributed by atoms with Crippen LogP contribution in [0, 0.1) is 0 Å². The summed E-state index contributed by atoms with van der Waals surface area (Å²) in [4.78, 5) is 20.6. The van der Waals surface area contributed by atoms with Gasteiger partial charge in [0.25, 0.3) is 0 Å². The lowest BCUT2D eigenvalue weighted by Gasteiger charge is -2.42. The van der Waals surface area contributed by atoms with E-state index in [1.807, 2.05) is 6.07 Å². The Bertz CT molecular complexity index is 616. The molecule has 6 heteroatoms. The minimum absolute atomic E-state index is 0.409. The van der Waals surface area contributed by atoms with Gasteiger partial charge in [0.05, 0.1) is 23.5 Å². The van der Waals surface area contributed by atoms with Crippen molar-refractivity contribution in [3.63, 3.8) is 0 Å². The van der Waals surface area contributed by atoms with Gasteiger partial charge in [-0.1, -0.05) is 6.42 Å². The zero-order valence-corrected chi connectivity index (χ0v) is 16.2. The first-order chi connectivity index (χ1) is 13.2. The SMILES string of the molecule is NC(=O)c1ccc(CN2CCC(OC3CCN(C4CCC4)CC3)CC2)nc1. The van der Waals surface area contributed by atoms with Gasteiger partial charge in [-0.05, 0) is 50.7 Å². The van der Waals surface area contributed by atoms with E-state index in [0.29, 0.717) is 17.8 Å². The number of nitrogens with two attached hydrogens (primary N) is 1. The number of primary amides is 1. The van der Waals surface area contributed by atoms with Crippen LogP contribution in [-0.2, 0) is 11.3 Å². The quantitative estimate of drug-likeness (QED) is 0.829. The molecule has 3 heterocycles. The summed E-state index contributed by atoms with van der Waals surface area (Å²) < 4.78 is 6.43. The van der Waals surface area contributed by atoms with Crippen LogP contribution in [0.15, 0.2) is 18.3 Å². The van der Waals surface area contributed by atoms with Gasteiger partial charge in [-0.3, -0.25) is 14.7 Å². The second-order valence-corrected chi connectivity index (χ2v) is 8.33. The van der Waals surface area contributed by atoms with Crippen LogP contribution in [0.5, 0.6) is 0 Å². The summed E-state index contributed by atoms with van der Waals surface area (Å²) in [6.45, 7) is 5.36. The van der Waals surface area contributed by atoms with Crippen molar-refractivity contribution in [3.05, 3.63) is 29.6 Å². The van der Waals surface area contributed by atoms with Crippen LogP contribution in [0.4, 0.5) is 0 Å². The molecular weight excluding hydrogens is 340 g/mol. The molecule has 2 saturated heterocycles. The van der Waals surface area contributed by atoms with Crippen LogP contribution in [0.3, 0.4) is 0 Å². The van der Waals surface area contributed by atoms with E-state index in [1.54, 1.807) is 12.3 Å². The van der Waals surface area contributed by atoms with Gasteiger partial charge in [0, 0.05) is 45.0 Å². The van der Waals surface area contributed by atoms with E-state index in [9.17, 15) is 4.79 Å². The summed E-state index contributed by atoms with van der Waals surface area (Å²) in [7, 11) is 0. The third kappa shape index (κ3) is 4.86. The first kappa shape index (κ1) is 18.8. The van der Waals surface area contributed by atoms with Crippen LogP contribution >= 0.6 is 0 Å². The fourth-order valence-electron chi connectivity index (χ4n) is 4.50. The highest BCUT2D eigenvalue weighted by molar-refractivity contribution is 5.92. The van der Waals surface area contributed by atoms with Gasteiger partial charge >= 0.3 is 0 Å².